The summed E-state index contributed by atoms with van der Waals surface area (Å²) < 4.78 is 13.5. The van der Waals surface area contributed by atoms with Crippen molar-refractivity contribution in [1.82, 2.24) is 30.2 Å². The first-order valence-corrected chi connectivity index (χ1v) is 15.0. The number of anilines is 3. The van der Waals surface area contributed by atoms with Crippen molar-refractivity contribution >= 4 is 26.4 Å². The first-order chi connectivity index (χ1) is 18.6. The Labute approximate surface area is 222 Å². The quantitative estimate of drug-likeness (QED) is 0.322. The summed E-state index contributed by atoms with van der Waals surface area (Å²) in [4.78, 5) is 11.4. The van der Waals surface area contributed by atoms with Crippen LogP contribution < -0.4 is 19.4 Å². The molecule has 12 heteroatoms. The smallest absolute Gasteiger partial charge is 0.253 e. The van der Waals surface area contributed by atoms with Gasteiger partial charge in [-0.1, -0.05) is 6.07 Å². The van der Waals surface area contributed by atoms with E-state index in [0.29, 0.717) is 23.4 Å². The number of rotatable bonds is 9. The van der Waals surface area contributed by atoms with Crippen LogP contribution in [0.4, 0.5) is 17.3 Å². The van der Waals surface area contributed by atoms with Crippen molar-refractivity contribution in [3.05, 3.63) is 60.7 Å². The van der Waals surface area contributed by atoms with Crippen LogP contribution in [0.2, 0.25) is 6.55 Å². The van der Waals surface area contributed by atoms with Crippen molar-refractivity contribution in [2.24, 2.45) is 0 Å². The molecule has 1 aliphatic rings. The summed E-state index contributed by atoms with van der Waals surface area (Å²) in [7, 11) is -0.0665. The van der Waals surface area contributed by atoms with Crippen molar-refractivity contribution in [3.8, 4) is 28.7 Å². The molecule has 2 aromatic heterocycles. The predicted molar refractivity (Wildman–Crippen MR) is 146 cm³/mol. The number of tetrazole rings is 1. The van der Waals surface area contributed by atoms with Crippen molar-refractivity contribution in [2.75, 3.05) is 30.4 Å². The highest BCUT2D eigenvalue weighted by Crippen LogP contribution is 2.33. The van der Waals surface area contributed by atoms with Crippen LogP contribution in [0.25, 0.3) is 11.1 Å². The topological polar surface area (TPSA) is 127 Å². The fourth-order valence-electron chi connectivity index (χ4n) is 4.47. The van der Waals surface area contributed by atoms with Gasteiger partial charge in [-0.3, -0.25) is 0 Å². The van der Waals surface area contributed by atoms with E-state index in [0.717, 1.165) is 41.3 Å². The fourth-order valence-corrected chi connectivity index (χ4v) is 5.86. The van der Waals surface area contributed by atoms with E-state index in [9.17, 15) is 5.26 Å². The summed E-state index contributed by atoms with van der Waals surface area (Å²) in [5.41, 5.74) is 4.11. The molecule has 0 amide bonds. The van der Waals surface area contributed by atoms with Crippen LogP contribution in [0.1, 0.15) is 24.8 Å². The summed E-state index contributed by atoms with van der Waals surface area (Å²) in [6.45, 7) is 4.18. The molecule has 194 valence electrons. The minimum absolute atomic E-state index is 0.463. The molecule has 1 atom stereocenters. The van der Waals surface area contributed by atoms with E-state index in [2.05, 4.69) is 53.9 Å². The van der Waals surface area contributed by atoms with E-state index in [1.165, 1.54) is 19.3 Å². The maximum atomic E-state index is 9.56. The van der Waals surface area contributed by atoms with Crippen molar-refractivity contribution in [3.63, 3.8) is 0 Å². The average molecular weight is 528 g/mol. The molecule has 4 aromatic rings. The van der Waals surface area contributed by atoms with E-state index in [1.807, 2.05) is 24.7 Å². The molecule has 0 spiro atoms. The summed E-state index contributed by atoms with van der Waals surface area (Å²) in [5, 5.41) is 24.0. The van der Waals surface area contributed by atoms with Crippen LogP contribution in [-0.4, -0.2) is 59.4 Å². The van der Waals surface area contributed by atoms with E-state index >= 15 is 0 Å². The number of methoxy groups -OCH3 is 1. The van der Waals surface area contributed by atoms with Gasteiger partial charge in [0.15, 0.2) is 0 Å². The lowest BCUT2D eigenvalue weighted by atomic mass is 10.1. The van der Waals surface area contributed by atoms with Crippen LogP contribution in [-0.2, 0) is 6.17 Å². The minimum atomic E-state index is -1.73. The zero-order valence-electron chi connectivity index (χ0n) is 21.4. The monoisotopic (exact) mass is 527 g/mol. The average Bonchev–Trinajstić information content (AvgIpc) is 3.47. The molecule has 0 bridgehead atoms. The minimum Gasteiger partial charge on any atom is -0.544 e. The molecule has 2 aromatic carbocycles. The van der Waals surface area contributed by atoms with Gasteiger partial charge in [0.1, 0.15) is 23.9 Å². The molecule has 5 rings (SSSR count). The van der Waals surface area contributed by atoms with Crippen molar-refractivity contribution < 1.29 is 9.16 Å². The zero-order valence-corrected chi connectivity index (χ0v) is 22.6. The SMILES string of the molecule is COc1cc(N2CCCCC2)ccc1Nc1ncc(-c2ccc(C#N)c(O[Si@@H](C)Cn3cnnn3)c2)cn1. The Morgan fingerprint density at radius 2 is 1.84 bits per heavy atom. The third-order valence-corrected chi connectivity index (χ3v) is 7.95. The lowest BCUT2D eigenvalue weighted by molar-refractivity contribution is 0.416. The number of nitriles is 1. The third-order valence-electron chi connectivity index (χ3n) is 6.40. The van der Waals surface area contributed by atoms with Crippen LogP contribution in [0.5, 0.6) is 11.5 Å². The Balaban J connectivity index is 1.29. The molecule has 1 saturated heterocycles. The number of piperidine rings is 1. The summed E-state index contributed by atoms with van der Waals surface area (Å²) >= 11 is 0. The van der Waals surface area contributed by atoms with Gasteiger partial charge in [-0.2, -0.15) is 5.26 Å². The highest BCUT2D eigenvalue weighted by atomic mass is 28.3. The molecular formula is C26H29N9O2Si. The standard InChI is InChI=1S/C26H29N9O2Si/c1-36-25-13-22(34-10-4-3-5-11-34)8-9-23(25)31-26-28-15-21(16-29-26)19-6-7-20(14-27)24(12-19)37-38(2)18-35-17-30-32-33-35/h6-9,12-13,15-17,38H,3-5,10-11,18H2,1-2H3,(H,28,29,31)/t38-/m0/s1. The van der Waals surface area contributed by atoms with Gasteiger partial charge in [0, 0.05) is 42.8 Å². The van der Waals surface area contributed by atoms with Gasteiger partial charge in [0.2, 0.25) is 5.95 Å². The molecular weight excluding hydrogens is 498 g/mol. The van der Waals surface area contributed by atoms with Crippen LogP contribution in [0.3, 0.4) is 0 Å². The second-order valence-corrected chi connectivity index (χ2v) is 11.4. The molecule has 38 heavy (non-hydrogen) atoms. The van der Waals surface area contributed by atoms with Gasteiger partial charge in [-0.25, -0.2) is 14.6 Å². The second kappa shape index (κ2) is 11.7. The van der Waals surface area contributed by atoms with Gasteiger partial charge in [0.25, 0.3) is 9.04 Å². The number of nitrogens with one attached hydrogen (secondary N) is 1. The van der Waals surface area contributed by atoms with E-state index in [4.69, 9.17) is 9.16 Å². The maximum absolute atomic E-state index is 9.56. The molecule has 3 heterocycles. The number of nitrogens with zero attached hydrogens (tertiary/aromatic N) is 8. The molecule has 0 saturated carbocycles. The van der Waals surface area contributed by atoms with E-state index < -0.39 is 9.04 Å². The second-order valence-electron chi connectivity index (χ2n) is 9.14. The van der Waals surface area contributed by atoms with E-state index in [1.54, 1.807) is 36.6 Å². The molecule has 0 unspecified atom stereocenters. The van der Waals surface area contributed by atoms with Crippen LogP contribution in [0.15, 0.2) is 55.1 Å². The highest BCUT2D eigenvalue weighted by Gasteiger charge is 2.15. The third kappa shape index (κ3) is 5.89. The summed E-state index contributed by atoms with van der Waals surface area (Å²) in [6, 6.07) is 13.9. The maximum Gasteiger partial charge on any atom is 0.253 e. The Hall–Kier alpha value is -4.50. The number of benzene rings is 2. The predicted octanol–water partition coefficient (Wildman–Crippen LogP) is 3.72. The van der Waals surface area contributed by atoms with Gasteiger partial charge in [0.05, 0.1) is 24.5 Å². The normalized spacial score (nSPS) is 14.0. The number of ether oxygens (including phenoxy) is 1. The van der Waals surface area contributed by atoms with Gasteiger partial charge in [-0.15, -0.1) is 5.10 Å². The Morgan fingerprint density at radius 3 is 2.55 bits per heavy atom. The van der Waals surface area contributed by atoms with Crippen molar-refractivity contribution in [1.29, 1.82) is 5.26 Å². The molecule has 1 N–H and O–H groups in total. The lowest BCUT2D eigenvalue weighted by Crippen LogP contribution is -2.29. The fraction of sp³-hybridized carbons (Fsp3) is 0.308. The van der Waals surface area contributed by atoms with Crippen LogP contribution >= 0.6 is 0 Å². The molecule has 0 radical (unpaired) electrons. The largest absolute Gasteiger partial charge is 0.544 e. The highest BCUT2D eigenvalue weighted by molar-refractivity contribution is 6.49. The van der Waals surface area contributed by atoms with Gasteiger partial charge in [-0.05, 0) is 66.1 Å². The summed E-state index contributed by atoms with van der Waals surface area (Å²) in [6.07, 6.45) is 9.37. The van der Waals surface area contributed by atoms with Crippen molar-refractivity contribution in [2.45, 2.75) is 32.0 Å². The molecule has 1 aliphatic heterocycles. The Bertz CT molecular complexity index is 1400. The number of aromatic nitrogens is 6. The Morgan fingerprint density at radius 1 is 1.03 bits per heavy atom. The Kier molecular flexibility index (Phi) is 7.75. The molecule has 11 nitrogen and oxygen atoms in total. The van der Waals surface area contributed by atoms with Gasteiger partial charge < -0.3 is 19.4 Å². The number of hydrogen-bond donors (Lipinski definition) is 1. The summed E-state index contributed by atoms with van der Waals surface area (Å²) in [5.74, 6) is 1.75. The van der Waals surface area contributed by atoms with Gasteiger partial charge >= 0.3 is 0 Å². The molecule has 1 fully saturated rings. The van der Waals surface area contributed by atoms with Crippen LogP contribution in [0, 0.1) is 11.3 Å². The first-order valence-electron chi connectivity index (χ1n) is 12.6. The zero-order chi connectivity index (χ0) is 26.3. The lowest BCUT2D eigenvalue weighted by Gasteiger charge is -2.29. The first kappa shape index (κ1) is 25.2. The molecule has 0 aliphatic carbocycles. The number of hydrogen-bond acceptors (Lipinski definition) is 10. The van der Waals surface area contributed by atoms with E-state index in [-0.39, 0.29) is 0 Å².